The second-order valence-corrected chi connectivity index (χ2v) is 7.58. The van der Waals surface area contributed by atoms with Crippen molar-refractivity contribution in [1.29, 1.82) is 0 Å². The monoisotopic (exact) mass is 514 g/mol. The summed E-state index contributed by atoms with van der Waals surface area (Å²) in [6.45, 7) is 4.97. The maximum atomic E-state index is 12.3. The van der Waals surface area contributed by atoms with Crippen LogP contribution in [0.5, 0.6) is 0 Å². The molecule has 3 amide bonds. The molecule has 0 fully saturated rings. The molecule has 0 radical (unpaired) electrons. The number of nitrogens with two attached hydrogens (primary N) is 1. The number of nitrogens with one attached hydrogen (secondary N) is 2. The zero-order valence-electron chi connectivity index (χ0n) is 15.9. The minimum atomic E-state index is -0.527. The van der Waals surface area contributed by atoms with E-state index in [4.69, 9.17) is 17.3 Å². The molecule has 28 heavy (non-hydrogen) atoms. The van der Waals surface area contributed by atoms with Crippen molar-refractivity contribution in [2.75, 3.05) is 30.8 Å². The molecule has 0 saturated heterocycles. The van der Waals surface area contributed by atoms with E-state index in [2.05, 4.69) is 24.6 Å². The van der Waals surface area contributed by atoms with Gasteiger partial charge in [-0.05, 0) is 42.8 Å². The summed E-state index contributed by atoms with van der Waals surface area (Å²) in [6, 6.07) is 10.1. The number of carbonyl (C=O) groups is 2. The smallest absolute Gasteiger partial charge is 0.323 e. The highest BCUT2D eigenvalue weighted by Gasteiger charge is 2.30. The summed E-state index contributed by atoms with van der Waals surface area (Å²) in [5, 5.41) is 6.06. The summed E-state index contributed by atoms with van der Waals surface area (Å²) < 4.78 is 0.926. The van der Waals surface area contributed by atoms with Gasteiger partial charge in [0.25, 0.3) is 5.91 Å². The number of fused-ring (bicyclic) bond motifs is 1. The Morgan fingerprint density at radius 1 is 1.14 bits per heavy atom. The zero-order chi connectivity index (χ0) is 19.6. The minimum Gasteiger partial charge on any atom is -1.00 e. The maximum Gasteiger partial charge on any atom is 0.323 e. The summed E-state index contributed by atoms with van der Waals surface area (Å²) in [5.74, 6) is -0.527. The Morgan fingerprint density at radius 2 is 1.82 bits per heavy atom. The van der Waals surface area contributed by atoms with Crippen LogP contribution in [0, 0.1) is 0 Å². The molecule has 6 nitrogen and oxygen atoms in total. The van der Waals surface area contributed by atoms with Crippen molar-refractivity contribution < 1.29 is 38.0 Å². The van der Waals surface area contributed by atoms with Gasteiger partial charge in [0.1, 0.15) is 6.54 Å². The van der Waals surface area contributed by atoms with Gasteiger partial charge in [-0.1, -0.05) is 17.7 Å². The molecule has 1 atom stereocenters. The molecule has 150 valence electrons. The summed E-state index contributed by atoms with van der Waals surface area (Å²) in [6.07, 6.45) is 0.756. The normalized spacial score (nSPS) is 17.8. The van der Waals surface area contributed by atoms with Crippen molar-refractivity contribution in [2.24, 2.45) is 5.73 Å². The molecule has 8 heteroatoms. The van der Waals surface area contributed by atoms with Gasteiger partial charge >= 0.3 is 6.03 Å². The van der Waals surface area contributed by atoms with Crippen LogP contribution >= 0.6 is 11.6 Å². The molecule has 2 aromatic rings. The van der Waals surface area contributed by atoms with Crippen molar-refractivity contribution in [3.8, 4) is 0 Å². The molecule has 3 rings (SSSR count). The van der Waals surface area contributed by atoms with Crippen molar-refractivity contribution in [1.82, 2.24) is 0 Å². The van der Waals surface area contributed by atoms with Gasteiger partial charge in [0.15, 0.2) is 0 Å². The Balaban J connectivity index is 0.00000280. The van der Waals surface area contributed by atoms with Crippen LogP contribution in [-0.2, 0) is 13.0 Å². The molecule has 0 saturated carbocycles. The fourth-order valence-corrected chi connectivity index (χ4v) is 3.60. The minimum absolute atomic E-state index is 0. The molecule has 1 aliphatic heterocycles. The van der Waals surface area contributed by atoms with Crippen molar-refractivity contribution in [3.05, 3.63) is 58.1 Å². The molecular formula is C20H24ClIN4O2. The van der Waals surface area contributed by atoms with Crippen LogP contribution in [0.1, 0.15) is 28.4 Å². The highest BCUT2D eigenvalue weighted by molar-refractivity contribution is 6.30. The Hall–Kier alpha value is -1.84. The van der Waals surface area contributed by atoms with E-state index < -0.39 is 11.9 Å². The lowest BCUT2D eigenvalue weighted by atomic mass is 9.91. The maximum absolute atomic E-state index is 12.3. The topological polar surface area (TPSA) is 84.2 Å². The summed E-state index contributed by atoms with van der Waals surface area (Å²) in [7, 11) is 2.21. The fraction of sp³-hybridized carbons (Fsp3) is 0.300. The van der Waals surface area contributed by atoms with E-state index in [0.717, 1.165) is 41.7 Å². The molecule has 1 unspecified atom stereocenters. The van der Waals surface area contributed by atoms with Crippen LogP contribution in [0.3, 0.4) is 0 Å². The van der Waals surface area contributed by atoms with Crippen molar-refractivity contribution in [3.63, 3.8) is 0 Å². The third kappa shape index (κ3) is 4.95. The van der Waals surface area contributed by atoms with Crippen LogP contribution < -0.4 is 40.3 Å². The number of halogens is 2. The quantitative estimate of drug-likeness (QED) is 0.413. The molecular weight excluding hydrogens is 491 g/mol. The van der Waals surface area contributed by atoms with Gasteiger partial charge in [0.2, 0.25) is 0 Å². The molecule has 2 aromatic carbocycles. The van der Waals surface area contributed by atoms with Gasteiger partial charge in [-0.3, -0.25) is 4.79 Å². The first-order chi connectivity index (χ1) is 12.8. The van der Waals surface area contributed by atoms with Gasteiger partial charge in [-0.25, -0.2) is 4.79 Å². The Kier molecular flexibility index (Phi) is 7.30. The molecule has 0 aromatic heterocycles. The van der Waals surface area contributed by atoms with Crippen molar-refractivity contribution >= 4 is 34.9 Å². The van der Waals surface area contributed by atoms with Gasteiger partial charge < -0.3 is 44.8 Å². The highest BCUT2D eigenvalue weighted by Crippen LogP contribution is 2.30. The lowest BCUT2D eigenvalue weighted by molar-refractivity contribution is -0.922. The first kappa shape index (κ1) is 22.4. The van der Waals surface area contributed by atoms with E-state index in [9.17, 15) is 9.59 Å². The van der Waals surface area contributed by atoms with Crippen LogP contribution in [0.15, 0.2) is 36.4 Å². The number of quaternary nitrogens is 1. The first-order valence-corrected chi connectivity index (χ1v) is 9.31. The Bertz CT molecular complexity index is 889. The predicted molar refractivity (Wildman–Crippen MR) is 108 cm³/mol. The standard InChI is InChI=1S/C20H23ClN4O2.HI/c1-3-25(2)11-10-16-13(12-25)4-9-17(18(16)19(22)26)24-20(27)23-15-7-5-14(21)6-8-15;/h4-9H,3,10-12H2,1-2H3,(H3-,22,23,24,26,27);1H. The van der Waals surface area contributed by atoms with Gasteiger partial charge in [0.05, 0.1) is 31.4 Å². The summed E-state index contributed by atoms with van der Waals surface area (Å²) >= 11 is 5.85. The molecule has 1 aliphatic rings. The van der Waals surface area contributed by atoms with Crippen LogP contribution in [0.25, 0.3) is 0 Å². The first-order valence-electron chi connectivity index (χ1n) is 8.93. The number of likely N-dealkylation sites (N-methyl/N-ethyl adjacent to an activating group) is 1. The van der Waals surface area contributed by atoms with Crippen LogP contribution in [0.4, 0.5) is 16.2 Å². The van der Waals surface area contributed by atoms with Gasteiger partial charge in [-0.15, -0.1) is 0 Å². The average Bonchev–Trinajstić information content (AvgIpc) is 2.63. The Labute approximate surface area is 187 Å². The fourth-order valence-electron chi connectivity index (χ4n) is 3.47. The van der Waals surface area contributed by atoms with E-state index in [-0.39, 0.29) is 24.0 Å². The molecule has 4 N–H and O–H groups in total. The molecule has 1 heterocycles. The zero-order valence-corrected chi connectivity index (χ0v) is 18.8. The molecule has 0 aliphatic carbocycles. The van der Waals surface area contributed by atoms with E-state index in [1.165, 1.54) is 0 Å². The number of primary amides is 1. The number of nitrogens with zero attached hydrogens (tertiary/aromatic N) is 1. The second-order valence-electron chi connectivity index (χ2n) is 7.14. The Morgan fingerprint density at radius 3 is 2.43 bits per heavy atom. The van der Waals surface area contributed by atoms with E-state index in [1.54, 1.807) is 30.3 Å². The number of carbonyl (C=O) groups excluding carboxylic acids is 2. The van der Waals surface area contributed by atoms with Gasteiger partial charge in [0, 0.05) is 22.7 Å². The highest BCUT2D eigenvalue weighted by atomic mass is 127. The number of rotatable bonds is 4. The van der Waals surface area contributed by atoms with E-state index >= 15 is 0 Å². The number of hydrogen-bond donors (Lipinski definition) is 3. The number of urea groups is 1. The lowest BCUT2D eigenvalue weighted by Gasteiger charge is -2.38. The third-order valence-electron chi connectivity index (χ3n) is 5.22. The predicted octanol–water partition coefficient (Wildman–Crippen LogP) is 0.610. The third-order valence-corrected chi connectivity index (χ3v) is 5.48. The summed E-state index contributed by atoms with van der Waals surface area (Å²) in [5.41, 5.74) is 9.15. The van der Waals surface area contributed by atoms with Crippen LogP contribution in [-0.4, -0.2) is 36.6 Å². The van der Waals surface area contributed by atoms with E-state index in [0.29, 0.717) is 22.0 Å². The number of anilines is 2. The number of amides is 3. The number of benzene rings is 2. The van der Waals surface area contributed by atoms with Crippen molar-refractivity contribution in [2.45, 2.75) is 19.9 Å². The second kappa shape index (κ2) is 9.11. The molecule has 0 spiro atoms. The largest absolute Gasteiger partial charge is 1.00 e. The van der Waals surface area contributed by atoms with Gasteiger partial charge in [-0.2, -0.15) is 0 Å². The van der Waals surface area contributed by atoms with E-state index in [1.807, 2.05) is 6.07 Å². The SMILES string of the molecule is CC[N+]1(C)CCc2c(ccc(NC(=O)Nc3ccc(Cl)cc3)c2C(N)=O)C1.[I-]. The lowest BCUT2D eigenvalue weighted by Crippen LogP contribution is -3.00. The number of hydrogen-bond acceptors (Lipinski definition) is 2. The van der Waals surface area contributed by atoms with Crippen LogP contribution in [0.2, 0.25) is 5.02 Å². The summed E-state index contributed by atoms with van der Waals surface area (Å²) in [4.78, 5) is 24.5. The molecule has 0 bridgehead atoms. The average molecular weight is 515 g/mol.